The number of aromatic nitrogens is 1. The van der Waals surface area contributed by atoms with Crippen LogP contribution in [0.2, 0.25) is 0 Å². The quantitative estimate of drug-likeness (QED) is 0.555. The molecule has 8 heavy (non-hydrogen) atoms. The number of rotatable bonds is 0. The van der Waals surface area contributed by atoms with E-state index in [1.54, 1.807) is 0 Å². The second-order valence-electron chi connectivity index (χ2n) is 1.79. The van der Waals surface area contributed by atoms with Crippen LogP contribution >= 0.6 is 12.4 Å². The first-order valence-corrected chi connectivity index (χ1v) is 2.41. The van der Waals surface area contributed by atoms with E-state index in [9.17, 15) is 0 Å². The molecule has 1 rings (SSSR count). The molecule has 0 spiro atoms. The van der Waals surface area contributed by atoms with Gasteiger partial charge in [-0.3, -0.25) is 0 Å². The Bertz CT molecular complexity index is 141. The van der Waals surface area contributed by atoms with Crippen molar-refractivity contribution in [2.45, 2.75) is 13.8 Å². The van der Waals surface area contributed by atoms with Crippen molar-refractivity contribution in [2.24, 2.45) is 0 Å². The maximum Gasteiger partial charge on any atom is 0.0145 e. The van der Waals surface area contributed by atoms with Gasteiger partial charge in [0.2, 0.25) is 0 Å². The first-order valence-electron chi connectivity index (χ1n) is 2.41. The summed E-state index contributed by atoms with van der Waals surface area (Å²) in [5.74, 6) is 0. The predicted octanol–water partition coefficient (Wildman–Crippen LogP) is 2.05. The predicted molar refractivity (Wildman–Crippen MR) is 37.5 cm³/mol. The van der Waals surface area contributed by atoms with Crippen molar-refractivity contribution in [3.8, 4) is 0 Å². The molecular weight excluding hydrogens is 122 g/mol. The van der Waals surface area contributed by atoms with Crippen molar-refractivity contribution >= 4 is 12.4 Å². The molecule has 0 saturated heterocycles. The summed E-state index contributed by atoms with van der Waals surface area (Å²) in [4.78, 5) is 3.07. The van der Waals surface area contributed by atoms with Gasteiger partial charge in [-0.25, -0.2) is 0 Å². The van der Waals surface area contributed by atoms with Crippen molar-refractivity contribution in [3.63, 3.8) is 0 Å². The van der Waals surface area contributed by atoms with Gasteiger partial charge in [-0.1, -0.05) is 0 Å². The third-order valence-corrected chi connectivity index (χ3v) is 1.22. The molecule has 0 saturated carbocycles. The summed E-state index contributed by atoms with van der Waals surface area (Å²) in [6.07, 6.45) is 1.95. The Balaban J connectivity index is 0.000000490. The van der Waals surface area contributed by atoms with Crippen LogP contribution in [0.5, 0.6) is 0 Å². The van der Waals surface area contributed by atoms with Crippen LogP contribution < -0.4 is 0 Å². The van der Waals surface area contributed by atoms with Gasteiger partial charge in [0.25, 0.3) is 0 Å². The monoisotopic (exact) mass is 131 g/mol. The van der Waals surface area contributed by atoms with Gasteiger partial charge in [-0.2, -0.15) is 0 Å². The number of aromatic amines is 1. The fourth-order valence-electron chi connectivity index (χ4n) is 0.531. The molecule has 0 radical (unpaired) electrons. The Hall–Kier alpha value is -0.430. The highest BCUT2D eigenvalue weighted by molar-refractivity contribution is 5.85. The average molecular weight is 132 g/mol. The summed E-state index contributed by atoms with van der Waals surface area (Å²) < 4.78 is 0. The number of halogens is 1. The fraction of sp³-hybridized carbons (Fsp3) is 0.333. The number of hydrogen-bond acceptors (Lipinski definition) is 0. The lowest BCUT2D eigenvalue weighted by atomic mass is 10.3. The van der Waals surface area contributed by atoms with E-state index in [0.29, 0.717) is 0 Å². The highest BCUT2D eigenvalue weighted by Gasteiger charge is 1.85. The Kier molecular flexibility index (Phi) is 2.63. The number of hydrogen-bond donors (Lipinski definition) is 1. The smallest absolute Gasteiger partial charge is 0.0145 e. The highest BCUT2D eigenvalue weighted by Crippen LogP contribution is 1.99. The van der Waals surface area contributed by atoms with Gasteiger partial charge in [0.1, 0.15) is 0 Å². The fourth-order valence-corrected chi connectivity index (χ4v) is 0.531. The number of aryl methyl sites for hydroxylation is 2. The lowest BCUT2D eigenvalue weighted by Crippen LogP contribution is -1.69. The first kappa shape index (κ1) is 7.57. The van der Waals surface area contributed by atoms with Crippen molar-refractivity contribution in [1.82, 2.24) is 4.98 Å². The van der Waals surface area contributed by atoms with E-state index in [-0.39, 0.29) is 12.4 Å². The van der Waals surface area contributed by atoms with Crippen LogP contribution in [0.4, 0.5) is 0 Å². The molecule has 0 fully saturated rings. The summed E-state index contributed by atoms with van der Waals surface area (Å²) in [5.41, 5.74) is 2.60. The van der Waals surface area contributed by atoms with Crippen LogP contribution in [0.3, 0.4) is 0 Å². The van der Waals surface area contributed by atoms with Gasteiger partial charge in [0.05, 0.1) is 0 Å². The molecule has 0 aliphatic rings. The molecule has 0 amide bonds. The molecule has 46 valence electrons. The second kappa shape index (κ2) is 2.78. The van der Waals surface area contributed by atoms with Crippen LogP contribution in [0, 0.1) is 13.8 Å². The molecule has 0 unspecified atom stereocenters. The Morgan fingerprint density at radius 1 is 1.38 bits per heavy atom. The highest BCUT2D eigenvalue weighted by atomic mass is 35.5. The van der Waals surface area contributed by atoms with E-state index in [0.717, 1.165) is 0 Å². The van der Waals surface area contributed by atoms with Gasteiger partial charge in [-0.15, -0.1) is 12.4 Å². The van der Waals surface area contributed by atoms with E-state index < -0.39 is 0 Å². The molecule has 1 aromatic heterocycles. The van der Waals surface area contributed by atoms with Gasteiger partial charge in [0, 0.05) is 11.9 Å². The molecule has 0 aliphatic carbocycles. The third-order valence-electron chi connectivity index (χ3n) is 1.22. The van der Waals surface area contributed by atoms with Crippen LogP contribution in [-0.4, -0.2) is 4.98 Å². The zero-order valence-electron chi connectivity index (χ0n) is 5.06. The molecule has 0 aliphatic heterocycles. The SMILES string of the molecule is Cc1cc[nH]c1C.Cl. The van der Waals surface area contributed by atoms with Crippen molar-refractivity contribution < 1.29 is 0 Å². The van der Waals surface area contributed by atoms with Crippen LogP contribution in [0.15, 0.2) is 12.3 Å². The molecule has 0 aromatic carbocycles. The lowest BCUT2D eigenvalue weighted by Gasteiger charge is -1.81. The van der Waals surface area contributed by atoms with E-state index in [1.807, 2.05) is 6.20 Å². The Morgan fingerprint density at radius 2 is 2.00 bits per heavy atom. The average Bonchev–Trinajstić information content (AvgIpc) is 1.91. The number of H-pyrrole nitrogens is 1. The lowest BCUT2D eigenvalue weighted by molar-refractivity contribution is 1.23. The van der Waals surface area contributed by atoms with Crippen LogP contribution in [-0.2, 0) is 0 Å². The van der Waals surface area contributed by atoms with Gasteiger partial charge < -0.3 is 4.98 Å². The summed E-state index contributed by atoms with van der Waals surface area (Å²) >= 11 is 0. The van der Waals surface area contributed by atoms with Gasteiger partial charge >= 0.3 is 0 Å². The molecule has 1 nitrogen and oxygen atoms in total. The Labute approximate surface area is 55.5 Å². The minimum Gasteiger partial charge on any atom is -0.365 e. The summed E-state index contributed by atoms with van der Waals surface area (Å²) in [6.45, 7) is 4.15. The largest absolute Gasteiger partial charge is 0.365 e. The van der Waals surface area contributed by atoms with Crippen molar-refractivity contribution in [2.75, 3.05) is 0 Å². The zero-order chi connectivity index (χ0) is 5.28. The second-order valence-corrected chi connectivity index (χ2v) is 1.79. The minimum atomic E-state index is 0. The number of nitrogens with one attached hydrogen (secondary N) is 1. The molecule has 1 heterocycles. The minimum absolute atomic E-state index is 0. The maximum absolute atomic E-state index is 3.07. The maximum atomic E-state index is 3.07. The van der Waals surface area contributed by atoms with Crippen LogP contribution in [0.1, 0.15) is 11.3 Å². The summed E-state index contributed by atoms with van der Waals surface area (Å²) in [5, 5.41) is 0. The normalized spacial score (nSPS) is 8.25. The molecule has 1 aromatic rings. The molecule has 0 bridgehead atoms. The van der Waals surface area contributed by atoms with E-state index >= 15 is 0 Å². The molecular formula is C6H10ClN. The van der Waals surface area contributed by atoms with Gasteiger partial charge in [-0.05, 0) is 25.5 Å². The van der Waals surface area contributed by atoms with Crippen LogP contribution in [0.25, 0.3) is 0 Å². The van der Waals surface area contributed by atoms with Crippen molar-refractivity contribution in [1.29, 1.82) is 0 Å². The molecule has 0 atom stereocenters. The van der Waals surface area contributed by atoms with E-state index in [1.165, 1.54) is 11.3 Å². The molecule has 1 N–H and O–H groups in total. The first-order chi connectivity index (χ1) is 3.30. The topological polar surface area (TPSA) is 15.8 Å². The summed E-state index contributed by atoms with van der Waals surface area (Å²) in [7, 11) is 0. The van der Waals surface area contributed by atoms with Gasteiger partial charge in [0.15, 0.2) is 0 Å². The molecule has 2 heteroatoms. The van der Waals surface area contributed by atoms with E-state index in [2.05, 4.69) is 24.9 Å². The zero-order valence-corrected chi connectivity index (χ0v) is 5.88. The standard InChI is InChI=1S/C6H9N.ClH/c1-5-3-4-7-6(5)2;/h3-4,7H,1-2H3;1H. The Morgan fingerprint density at radius 3 is 2.12 bits per heavy atom. The van der Waals surface area contributed by atoms with E-state index in [4.69, 9.17) is 0 Å². The third kappa shape index (κ3) is 1.27. The summed E-state index contributed by atoms with van der Waals surface area (Å²) in [6, 6.07) is 2.06. The van der Waals surface area contributed by atoms with Crippen molar-refractivity contribution in [3.05, 3.63) is 23.5 Å².